The van der Waals surface area contributed by atoms with Crippen molar-refractivity contribution in [2.24, 2.45) is 10.4 Å². The van der Waals surface area contributed by atoms with Gasteiger partial charge in [-0.3, -0.25) is 16.1 Å². The Kier molecular flexibility index (Phi) is 7.61. The van der Waals surface area contributed by atoms with Gasteiger partial charge in [0.25, 0.3) is 0 Å². The van der Waals surface area contributed by atoms with E-state index in [4.69, 9.17) is 9.82 Å². The Bertz CT molecular complexity index is 1300. The molecule has 0 bridgehead atoms. The number of aromatic nitrogens is 2. The van der Waals surface area contributed by atoms with Crippen molar-refractivity contribution >= 4 is 45.2 Å². The van der Waals surface area contributed by atoms with Crippen molar-refractivity contribution in [2.45, 2.75) is 79.4 Å². The van der Waals surface area contributed by atoms with Gasteiger partial charge in [-0.1, -0.05) is 26.8 Å². The van der Waals surface area contributed by atoms with Crippen LogP contribution in [0.5, 0.6) is 0 Å². The maximum atomic E-state index is 12.9. The summed E-state index contributed by atoms with van der Waals surface area (Å²) in [6.07, 6.45) is -0.422. The Morgan fingerprint density at radius 3 is 2.62 bits per heavy atom. The predicted molar refractivity (Wildman–Crippen MR) is 149 cm³/mol. The van der Waals surface area contributed by atoms with Crippen LogP contribution in [0.1, 0.15) is 65.1 Å². The van der Waals surface area contributed by atoms with E-state index in [1.54, 1.807) is 13.8 Å². The molecule has 200 valence electrons. The molecule has 0 saturated carbocycles. The van der Waals surface area contributed by atoms with Crippen molar-refractivity contribution < 1.29 is 14.7 Å². The number of hydroxylamine groups is 1. The molecule has 0 fully saturated rings. The molecule has 2 atom stereocenters. The SMILES string of the molecule is CC1=NC(c2ccc(NC(=O)Nc3nc4cc(CN[C@@H](C)C(C)(C)C)ccc4n3CC(C)(C)O)s2)ON1. The van der Waals surface area contributed by atoms with E-state index in [1.165, 1.54) is 11.3 Å². The van der Waals surface area contributed by atoms with Crippen LogP contribution in [0.2, 0.25) is 0 Å². The van der Waals surface area contributed by atoms with Crippen LogP contribution in [0.25, 0.3) is 11.0 Å². The van der Waals surface area contributed by atoms with Gasteiger partial charge in [0.2, 0.25) is 12.2 Å². The zero-order valence-corrected chi connectivity index (χ0v) is 23.3. The lowest BCUT2D eigenvalue weighted by Gasteiger charge is -2.28. The molecule has 0 saturated heterocycles. The van der Waals surface area contributed by atoms with Crippen molar-refractivity contribution in [3.05, 3.63) is 40.8 Å². The number of rotatable bonds is 8. The van der Waals surface area contributed by atoms with Crippen molar-refractivity contribution in [3.8, 4) is 0 Å². The van der Waals surface area contributed by atoms with Crippen LogP contribution in [0.3, 0.4) is 0 Å². The lowest BCUT2D eigenvalue weighted by atomic mass is 9.88. The maximum Gasteiger partial charge on any atom is 0.326 e. The van der Waals surface area contributed by atoms with Gasteiger partial charge in [0.05, 0.1) is 33.1 Å². The summed E-state index contributed by atoms with van der Waals surface area (Å²) in [4.78, 5) is 28.2. The highest BCUT2D eigenvalue weighted by molar-refractivity contribution is 7.16. The molecule has 3 aromatic rings. The van der Waals surface area contributed by atoms with Crippen LogP contribution in [0.4, 0.5) is 15.7 Å². The number of anilines is 2. The number of fused-ring (bicyclic) bond motifs is 1. The number of amides is 2. The number of thiophene rings is 1. The first-order valence-corrected chi connectivity index (χ1v) is 13.2. The molecule has 1 unspecified atom stereocenters. The third-order valence-electron chi connectivity index (χ3n) is 6.23. The van der Waals surface area contributed by atoms with Crippen LogP contribution >= 0.6 is 11.3 Å². The smallest absolute Gasteiger partial charge is 0.326 e. The fraction of sp³-hybridized carbons (Fsp3) is 0.500. The lowest BCUT2D eigenvalue weighted by molar-refractivity contribution is 0.0396. The standard InChI is InChI=1S/C26H37N7O3S/c1-15(25(3,4)5)27-13-17-8-9-19-18(12-17)29-23(33(19)14-26(6,7)35)31-24(34)30-21-11-10-20(37-21)22-28-16(2)32-36-22/h8-12,15,22,27,35H,13-14H2,1-7H3,(H,28,32)(H2,29,30,31,34)/t15-,22?/m0/s1. The van der Waals surface area contributed by atoms with Gasteiger partial charge in [0, 0.05) is 12.6 Å². The number of nitrogens with zero attached hydrogens (tertiary/aromatic N) is 3. The first-order valence-electron chi connectivity index (χ1n) is 12.4. The fourth-order valence-electron chi connectivity index (χ4n) is 3.79. The molecule has 5 N–H and O–H groups in total. The summed E-state index contributed by atoms with van der Waals surface area (Å²) in [5.41, 5.74) is 4.57. The van der Waals surface area contributed by atoms with Gasteiger partial charge in [-0.2, -0.15) is 0 Å². The monoisotopic (exact) mass is 527 g/mol. The van der Waals surface area contributed by atoms with Crippen molar-refractivity contribution in [1.82, 2.24) is 20.3 Å². The first-order chi connectivity index (χ1) is 17.3. The summed E-state index contributed by atoms with van der Waals surface area (Å²) in [5, 5.41) is 20.5. The van der Waals surface area contributed by atoms with Crippen molar-refractivity contribution in [2.75, 3.05) is 10.6 Å². The van der Waals surface area contributed by atoms with Gasteiger partial charge < -0.3 is 15.0 Å². The number of carbonyl (C=O) groups excluding carboxylic acids is 1. The first kappa shape index (κ1) is 27.1. The highest BCUT2D eigenvalue weighted by Crippen LogP contribution is 2.32. The van der Waals surface area contributed by atoms with E-state index >= 15 is 0 Å². The zero-order chi connectivity index (χ0) is 27.0. The van der Waals surface area contributed by atoms with E-state index in [-0.39, 0.29) is 12.0 Å². The molecule has 2 amide bonds. The number of hydrogen-bond acceptors (Lipinski definition) is 8. The van der Waals surface area contributed by atoms with Crippen molar-refractivity contribution in [1.29, 1.82) is 0 Å². The Labute approximate surface area is 221 Å². The summed E-state index contributed by atoms with van der Waals surface area (Å²) in [5.74, 6) is 1.07. The number of aliphatic hydroxyl groups is 1. The normalized spacial score (nSPS) is 17.0. The quantitative estimate of drug-likeness (QED) is 0.281. The van der Waals surface area contributed by atoms with E-state index < -0.39 is 17.9 Å². The largest absolute Gasteiger partial charge is 0.389 e. The van der Waals surface area contributed by atoms with Gasteiger partial charge in [-0.25, -0.2) is 19.6 Å². The molecule has 11 heteroatoms. The number of nitrogens with one attached hydrogen (secondary N) is 4. The van der Waals surface area contributed by atoms with Gasteiger partial charge in [0.1, 0.15) is 5.84 Å². The van der Waals surface area contributed by atoms with Gasteiger partial charge in [0.15, 0.2) is 0 Å². The van der Waals surface area contributed by atoms with Crippen LogP contribution < -0.4 is 21.4 Å². The van der Waals surface area contributed by atoms with E-state index in [1.807, 2.05) is 35.8 Å². The van der Waals surface area contributed by atoms with E-state index in [9.17, 15) is 9.90 Å². The highest BCUT2D eigenvalue weighted by Gasteiger charge is 2.23. The third kappa shape index (κ3) is 6.86. The Morgan fingerprint density at radius 2 is 1.97 bits per heavy atom. The number of benzene rings is 1. The van der Waals surface area contributed by atoms with Crippen LogP contribution in [0, 0.1) is 5.41 Å². The third-order valence-corrected chi connectivity index (χ3v) is 7.26. The van der Waals surface area contributed by atoms with E-state index in [0.717, 1.165) is 21.5 Å². The molecule has 1 aliphatic rings. The van der Waals surface area contributed by atoms with Crippen LogP contribution in [-0.2, 0) is 17.9 Å². The van der Waals surface area contributed by atoms with Crippen molar-refractivity contribution in [3.63, 3.8) is 0 Å². The lowest BCUT2D eigenvalue weighted by Crippen LogP contribution is -2.37. The number of urea groups is 1. The Balaban J connectivity index is 1.51. The number of imidazole rings is 1. The number of amidine groups is 1. The van der Waals surface area contributed by atoms with Gasteiger partial charge in [-0.05, 0) is 62.9 Å². The minimum Gasteiger partial charge on any atom is -0.389 e. The molecule has 1 aliphatic heterocycles. The fourth-order valence-corrected chi connectivity index (χ4v) is 4.67. The van der Waals surface area contributed by atoms with E-state index in [2.05, 4.69) is 60.2 Å². The molecule has 1 aromatic carbocycles. The second kappa shape index (κ2) is 10.4. The average molecular weight is 528 g/mol. The second-order valence-corrected chi connectivity index (χ2v) is 12.3. The Hall–Kier alpha value is -2.99. The molecular weight excluding hydrogens is 490 g/mol. The highest BCUT2D eigenvalue weighted by atomic mass is 32.1. The molecular formula is C26H37N7O3S. The van der Waals surface area contributed by atoms with Crippen LogP contribution in [-0.4, -0.2) is 38.2 Å². The summed E-state index contributed by atoms with van der Waals surface area (Å²) in [6, 6.07) is 9.64. The predicted octanol–water partition coefficient (Wildman–Crippen LogP) is 4.99. The summed E-state index contributed by atoms with van der Waals surface area (Å²) in [6.45, 7) is 15.1. The van der Waals surface area contributed by atoms with Gasteiger partial charge in [-0.15, -0.1) is 11.3 Å². The average Bonchev–Trinajstić information content (AvgIpc) is 3.50. The van der Waals surface area contributed by atoms with Crippen LogP contribution in [0.15, 0.2) is 35.3 Å². The second-order valence-electron chi connectivity index (χ2n) is 11.2. The number of carbonyl (C=O) groups is 1. The molecule has 0 aliphatic carbocycles. The summed E-state index contributed by atoms with van der Waals surface area (Å²) >= 11 is 1.38. The molecule has 3 heterocycles. The molecule has 4 rings (SSSR count). The maximum absolute atomic E-state index is 12.9. The number of aliphatic imine (C=N–C) groups is 1. The minimum absolute atomic E-state index is 0.152. The van der Waals surface area contributed by atoms with E-state index in [0.29, 0.717) is 29.4 Å². The molecule has 2 aromatic heterocycles. The summed E-state index contributed by atoms with van der Waals surface area (Å²) in [7, 11) is 0. The van der Waals surface area contributed by atoms with Gasteiger partial charge >= 0.3 is 6.03 Å². The Morgan fingerprint density at radius 1 is 1.22 bits per heavy atom. The molecule has 0 radical (unpaired) electrons. The number of hydrogen-bond donors (Lipinski definition) is 5. The topological polar surface area (TPSA) is 125 Å². The minimum atomic E-state index is -1.00. The molecule has 0 spiro atoms. The molecule has 10 nitrogen and oxygen atoms in total. The summed E-state index contributed by atoms with van der Waals surface area (Å²) < 4.78 is 1.83. The zero-order valence-electron chi connectivity index (χ0n) is 22.5. The molecule has 37 heavy (non-hydrogen) atoms.